The van der Waals surface area contributed by atoms with Gasteiger partial charge in [-0.1, -0.05) is 6.07 Å². The highest BCUT2D eigenvalue weighted by Gasteiger charge is 2.35. The molecule has 0 unspecified atom stereocenters. The van der Waals surface area contributed by atoms with Gasteiger partial charge in [0, 0.05) is 31.7 Å². The summed E-state index contributed by atoms with van der Waals surface area (Å²) in [6.07, 6.45) is 3.55. The number of rotatable bonds is 6. The van der Waals surface area contributed by atoms with Crippen molar-refractivity contribution in [1.29, 1.82) is 0 Å². The zero-order valence-corrected chi connectivity index (χ0v) is 18.9. The molecular weight excluding hydrogens is 485 g/mol. The zero-order chi connectivity index (χ0) is 19.2. The molecule has 3 heterocycles. The Morgan fingerprint density at radius 2 is 1.93 bits per heavy atom. The Bertz CT molecular complexity index is 804. The summed E-state index contributed by atoms with van der Waals surface area (Å²) in [5, 5.41) is 6.85. The number of furan rings is 1. The van der Waals surface area contributed by atoms with Gasteiger partial charge in [0.05, 0.1) is 6.26 Å². The van der Waals surface area contributed by atoms with Crippen molar-refractivity contribution in [2.75, 3.05) is 33.1 Å². The number of nitrogens with one attached hydrogen (secondary N) is 2. The minimum Gasteiger partial charge on any atom is -0.467 e. The standard InChI is InChI=1S/C21H27N3O4.HI/c1-2-22-20(23-13-17-4-3-9-26-17)24-14-21(7-10-25-11-8-21)16-5-6-18-19(12-16)28-15-27-18;/h3-6,9,12H,2,7-8,10-11,13-15H2,1H3,(H2,22,23,24);1H. The van der Waals surface area contributed by atoms with Crippen molar-refractivity contribution in [2.45, 2.75) is 31.7 Å². The predicted molar refractivity (Wildman–Crippen MR) is 121 cm³/mol. The van der Waals surface area contributed by atoms with Crippen LogP contribution in [0.4, 0.5) is 0 Å². The third kappa shape index (κ3) is 5.16. The Morgan fingerprint density at radius 1 is 1.10 bits per heavy atom. The number of hydrogen-bond donors (Lipinski definition) is 2. The van der Waals surface area contributed by atoms with Crippen LogP contribution in [-0.2, 0) is 16.7 Å². The summed E-state index contributed by atoms with van der Waals surface area (Å²) in [5.74, 6) is 3.26. The van der Waals surface area contributed by atoms with E-state index < -0.39 is 0 Å². The van der Waals surface area contributed by atoms with E-state index in [0.717, 1.165) is 62.4 Å². The van der Waals surface area contributed by atoms with Crippen LogP contribution in [0.25, 0.3) is 0 Å². The molecule has 8 heteroatoms. The van der Waals surface area contributed by atoms with Gasteiger partial charge in [-0.05, 0) is 49.6 Å². The van der Waals surface area contributed by atoms with Crippen LogP contribution in [0.1, 0.15) is 31.1 Å². The molecule has 0 saturated carbocycles. The highest BCUT2D eigenvalue weighted by Crippen LogP contribution is 2.40. The van der Waals surface area contributed by atoms with Crippen LogP contribution in [-0.4, -0.2) is 39.1 Å². The molecule has 0 spiro atoms. The van der Waals surface area contributed by atoms with Crippen LogP contribution in [0, 0.1) is 0 Å². The number of guanidine groups is 1. The third-order valence-electron chi connectivity index (χ3n) is 5.35. The molecule has 2 aliphatic heterocycles. The molecule has 7 nitrogen and oxygen atoms in total. The molecule has 0 aliphatic carbocycles. The summed E-state index contributed by atoms with van der Waals surface area (Å²) >= 11 is 0. The maximum atomic E-state index is 5.65. The summed E-state index contributed by atoms with van der Waals surface area (Å²) in [5.41, 5.74) is 1.20. The normalized spacial score (nSPS) is 17.5. The van der Waals surface area contributed by atoms with Crippen LogP contribution in [0.5, 0.6) is 11.5 Å². The lowest BCUT2D eigenvalue weighted by Gasteiger charge is -2.38. The summed E-state index contributed by atoms with van der Waals surface area (Å²) in [6.45, 7) is 5.91. The average molecular weight is 513 g/mol. The Kier molecular flexibility index (Phi) is 7.65. The van der Waals surface area contributed by atoms with Crippen LogP contribution in [0.2, 0.25) is 0 Å². The second-order valence-corrected chi connectivity index (χ2v) is 7.09. The maximum Gasteiger partial charge on any atom is 0.231 e. The van der Waals surface area contributed by atoms with Gasteiger partial charge in [-0.15, -0.1) is 24.0 Å². The number of halogens is 1. The molecule has 158 valence electrons. The smallest absolute Gasteiger partial charge is 0.231 e. The van der Waals surface area contributed by atoms with Crippen molar-refractivity contribution in [2.24, 2.45) is 4.99 Å². The SMILES string of the molecule is CCNC(=NCc1ccco1)NCC1(c2ccc3c(c2)OCO3)CCOCC1.I. The van der Waals surface area contributed by atoms with E-state index in [4.69, 9.17) is 18.6 Å². The van der Waals surface area contributed by atoms with Crippen molar-refractivity contribution in [1.82, 2.24) is 10.6 Å². The molecule has 0 radical (unpaired) electrons. The van der Waals surface area contributed by atoms with E-state index in [1.807, 2.05) is 18.2 Å². The molecule has 1 saturated heterocycles. The van der Waals surface area contributed by atoms with Gasteiger partial charge in [0.2, 0.25) is 6.79 Å². The first kappa shape index (κ1) is 21.8. The molecule has 2 aromatic rings. The van der Waals surface area contributed by atoms with Crippen molar-refractivity contribution in [3.63, 3.8) is 0 Å². The summed E-state index contributed by atoms with van der Waals surface area (Å²) in [6, 6.07) is 10.1. The molecule has 0 atom stereocenters. The molecule has 1 aromatic heterocycles. The van der Waals surface area contributed by atoms with E-state index in [2.05, 4.69) is 34.7 Å². The monoisotopic (exact) mass is 513 g/mol. The first-order chi connectivity index (χ1) is 13.8. The van der Waals surface area contributed by atoms with Gasteiger partial charge in [0.25, 0.3) is 0 Å². The number of aliphatic imine (C=N–C) groups is 1. The lowest BCUT2D eigenvalue weighted by atomic mass is 9.74. The van der Waals surface area contributed by atoms with E-state index in [0.29, 0.717) is 6.54 Å². The molecule has 2 N–H and O–H groups in total. The van der Waals surface area contributed by atoms with Gasteiger partial charge in [-0.2, -0.15) is 0 Å². The largest absolute Gasteiger partial charge is 0.467 e. The summed E-state index contributed by atoms with van der Waals surface area (Å²) in [4.78, 5) is 4.65. The summed E-state index contributed by atoms with van der Waals surface area (Å²) in [7, 11) is 0. The molecule has 1 aromatic carbocycles. The van der Waals surface area contributed by atoms with E-state index in [1.54, 1.807) is 6.26 Å². The topological polar surface area (TPSA) is 77.3 Å². The van der Waals surface area contributed by atoms with E-state index in [-0.39, 0.29) is 36.2 Å². The maximum absolute atomic E-state index is 5.65. The molecule has 1 fully saturated rings. The Labute approximate surface area is 188 Å². The van der Waals surface area contributed by atoms with Gasteiger partial charge < -0.3 is 29.3 Å². The number of fused-ring (bicyclic) bond motifs is 1. The highest BCUT2D eigenvalue weighted by molar-refractivity contribution is 14.0. The minimum absolute atomic E-state index is 0. The first-order valence-electron chi connectivity index (χ1n) is 9.81. The molecule has 2 aliphatic rings. The number of ether oxygens (including phenoxy) is 3. The van der Waals surface area contributed by atoms with Crippen molar-refractivity contribution >= 4 is 29.9 Å². The van der Waals surface area contributed by atoms with Crippen LogP contribution >= 0.6 is 24.0 Å². The number of nitrogens with zero attached hydrogens (tertiary/aromatic N) is 1. The van der Waals surface area contributed by atoms with Crippen molar-refractivity contribution in [3.05, 3.63) is 47.9 Å². The van der Waals surface area contributed by atoms with Crippen LogP contribution in [0.3, 0.4) is 0 Å². The Morgan fingerprint density at radius 3 is 2.69 bits per heavy atom. The van der Waals surface area contributed by atoms with Crippen LogP contribution in [0.15, 0.2) is 46.0 Å². The second kappa shape index (κ2) is 10.2. The predicted octanol–water partition coefficient (Wildman–Crippen LogP) is 3.43. The average Bonchev–Trinajstić information content (AvgIpc) is 3.42. The summed E-state index contributed by atoms with van der Waals surface area (Å²) < 4.78 is 22.1. The van der Waals surface area contributed by atoms with Gasteiger partial charge in [-0.25, -0.2) is 4.99 Å². The lowest BCUT2D eigenvalue weighted by Crippen LogP contribution is -2.48. The van der Waals surface area contributed by atoms with Gasteiger partial charge in [0.15, 0.2) is 17.5 Å². The lowest BCUT2D eigenvalue weighted by molar-refractivity contribution is 0.0513. The minimum atomic E-state index is -0.0416. The molecule has 0 amide bonds. The molecular formula is C21H28IN3O4. The zero-order valence-electron chi connectivity index (χ0n) is 16.6. The quantitative estimate of drug-likeness (QED) is 0.350. The highest BCUT2D eigenvalue weighted by atomic mass is 127. The van der Waals surface area contributed by atoms with E-state index in [9.17, 15) is 0 Å². The Balaban J connectivity index is 0.00000240. The molecule has 0 bridgehead atoms. The van der Waals surface area contributed by atoms with Gasteiger partial charge >= 0.3 is 0 Å². The van der Waals surface area contributed by atoms with Crippen molar-refractivity contribution < 1.29 is 18.6 Å². The number of benzene rings is 1. The fourth-order valence-electron chi connectivity index (χ4n) is 3.71. The third-order valence-corrected chi connectivity index (χ3v) is 5.35. The molecule has 29 heavy (non-hydrogen) atoms. The van der Waals surface area contributed by atoms with Crippen molar-refractivity contribution in [3.8, 4) is 11.5 Å². The Hall–Kier alpha value is -1.94. The fourth-order valence-corrected chi connectivity index (χ4v) is 3.71. The second-order valence-electron chi connectivity index (χ2n) is 7.09. The number of hydrogen-bond acceptors (Lipinski definition) is 5. The van der Waals surface area contributed by atoms with Crippen LogP contribution < -0.4 is 20.1 Å². The van der Waals surface area contributed by atoms with Gasteiger partial charge in [-0.3, -0.25) is 0 Å². The first-order valence-corrected chi connectivity index (χ1v) is 9.81. The molecule has 4 rings (SSSR count). The van der Waals surface area contributed by atoms with Gasteiger partial charge in [0.1, 0.15) is 12.3 Å². The van der Waals surface area contributed by atoms with E-state index in [1.165, 1.54) is 5.56 Å². The van der Waals surface area contributed by atoms with E-state index >= 15 is 0 Å². The fraction of sp³-hybridized carbons (Fsp3) is 0.476.